The van der Waals surface area contributed by atoms with Gasteiger partial charge in [-0.15, -0.1) is 10.2 Å². The van der Waals surface area contributed by atoms with E-state index in [0.29, 0.717) is 23.0 Å². The summed E-state index contributed by atoms with van der Waals surface area (Å²) in [7, 11) is 0. The fraction of sp³-hybridized carbons (Fsp3) is 0.273. The lowest BCUT2D eigenvalue weighted by Gasteiger charge is -2.03. The first-order valence-corrected chi connectivity index (χ1v) is 6.41. The second-order valence-electron chi connectivity index (χ2n) is 3.61. The molecule has 0 saturated carbocycles. The molecule has 0 saturated heterocycles. The van der Waals surface area contributed by atoms with E-state index in [2.05, 4.69) is 10.2 Å². The van der Waals surface area contributed by atoms with Gasteiger partial charge in [-0.05, 0) is 30.7 Å². The van der Waals surface area contributed by atoms with Crippen LogP contribution in [0.1, 0.15) is 6.42 Å². The molecule has 5 nitrogen and oxygen atoms in total. The van der Waals surface area contributed by atoms with E-state index in [9.17, 15) is 4.39 Å². The molecule has 0 fully saturated rings. The molecule has 0 aliphatic carbocycles. The molecular formula is C11H13FN4OS. The molecule has 18 heavy (non-hydrogen) atoms. The van der Waals surface area contributed by atoms with Gasteiger partial charge in [0, 0.05) is 17.9 Å². The lowest BCUT2D eigenvalue weighted by atomic mass is 10.2. The van der Waals surface area contributed by atoms with Gasteiger partial charge in [-0.25, -0.2) is 9.07 Å². The molecule has 0 unspecified atom stereocenters. The Balaban J connectivity index is 2.17. The Bertz CT molecular complexity index is 514. The predicted molar refractivity (Wildman–Crippen MR) is 68.0 cm³/mol. The highest BCUT2D eigenvalue weighted by Crippen LogP contribution is 2.21. The van der Waals surface area contributed by atoms with Crippen molar-refractivity contribution < 1.29 is 9.50 Å². The van der Waals surface area contributed by atoms with Crippen LogP contribution < -0.4 is 5.84 Å². The summed E-state index contributed by atoms with van der Waals surface area (Å²) < 4.78 is 14.2. The van der Waals surface area contributed by atoms with E-state index in [1.54, 1.807) is 12.1 Å². The molecule has 0 aliphatic heterocycles. The topological polar surface area (TPSA) is 77.0 Å². The number of thioether (sulfide) groups is 1. The predicted octanol–water partition coefficient (Wildman–Crippen LogP) is 1.27. The molecule has 96 valence electrons. The number of halogens is 1. The van der Waals surface area contributed by atoms with Crippen LogP contribution >= 0.6 is 11.8 Å². The maximum absolute atomic E-state index is 12.8. The van der Waals surface area contributed by atoms with Gasteiger partial charge in [0.05, 0.1) is 0 Å². The number of benzene rings is 1. The van der Waals surface area contributed by atoms with Gasteiger partial charge in [0.25, 0.3) is 0 Å². The Morgan fingerprint density at radius 2 is 2.00 bits per heavy atom. The van der Waals surface area contributed by atoms with E-state index in [1.807, 2.05) is 0 Å². The number of hydrogen-bond acceptors (Lipinski definition) is 5. The third-order valence-electron chi connectivity index (χ3n) is 2.30. The first-order chi connectivity index (χ1) is 8.72. The molecule has 0 amide bonds. The third-order valence-corrected chi connectivity index (χ3v) is 3.33. The molecule has 1 aromatic heterocycles. The second kappa shape index (κ2) is 5.83. The molecule has 0 aliphatic rings. The van der Waals surface area contributed by atoms with Crippen molar-refractivity contribution in [3.8, 4) is 11.4 Å². The van der Waals surface area contributed by atoms with Gasteiger partial charge in [0.15, 0.2) is 5.82 Å². The van der Waals surface area contributed by atoms with Crippen LogP contribution in [0.5, 0.6) is 0 Å². The summed E-state index contributed by atoms with van der Waals surface area (Å²) in [6.45, 7) is 0.135. The second-order valence-corrected chi connectivity index (χ2v) is 4.67. The first kappa shape index (κ1) is 12.8. The van der Waals surface area contributed by atoms with E-state index in [1.165, 1.54) is 28.6 Å². The third kappa shape index (κ3) is 2.80. The Morgan fingerprint density at radius 3 is 2.67 bits per heavy atom. The number of aliphatic hydroxyl groups excluding tert-OH is 1. The maximum Gasteiger partial charge on any atom is 0.210 e. The highest BCUT2D eigenvalue weighted by molar-refractivity contribution is 7.99. The molecule has 0 bridgehead atoms. The van der Waals surface area contributed by atoms with E-state index in [4.69, 9.17) is 10.9 Å². The van der Waals surface area contributed by atoms with Gasteiger partial charge < -0.3 is 10.9 Å². The van der Waals surface area contributed by atoms with Crippen LogP contribution in [-0.2, 0) is 0 Å². The van der Waals surface area contributed by atoms with Gasteiger partial charge in [-0.1, -0.05) is 11.8 Å². The van der Waals surface area contributed by atoms with Gasteiger partial charge in [-0.3, -0.25) is 0 Å². The standard InChI is InChI=1S/C11H13FN4OS/c12-9-4-2-8(3-5-9)10-14-15-11(16(10)13)18-7-1-6-17/h2-5,17H,1,6-7,13H2. The van der Waals surface area contributed by atoms with Crippen LogP contribution in [0.2, 0.25) is 0 Å². The Labute approximate surface area is 108 Å². The zero-order chi connectivity index (χ0) is 13.0. The number of nitrogens with zero attached hydrogens (tertiary/aromatic N) is 3. The fourth-order valence-corrected chi connectivity index (χ4v) is 2.18. The lowest BCUT2D eigenvalue weighted by molar-refractivity contribution is 0.296. The van der Waals surface area contributed by atoms with Crippen molar-refractivity contribution >= 4 is 11.8 Å². The summed E-state index contributed by atoms with van der Waals surface area (Å²) in [5.74, 6) is 6.77. The summed E-state index contributed by atoms with van der Waals surface area (Å²) >= 11 is 1.42. The number of aliphatic hydroxyl groups is 1. The Hall–Kier alpha value is -1.60. The highest BCUT2D eigenvalue weighted by Gasteiger charge is 2.11. The zero-order valence-electron chi connectivity index (χ0n) is 9.58. The first-order valence-electron chi connectivity index (χ1n) is 5.42. The van der Waals surface area contributed by atoms with Crippen molar-refractivity contribution in [1.82, 2.24) is 14.9 Å². The summed E-state index contributed by atoms with van der Waals surface area (Å²) in [6.07, 6.45) is 0.670. The van der Waals surface area contributed by atoms with E-state index in [-0.39, 0.29) is 12.4 Å². The number of hydrogen-bond donors (Lipinski definition) is 2. The highest BCUT2D eigenvalue weighted by atomic mass is 32.2. The van der Waals surface area contributed by atoms with Crippen molar-refractivity contribution in [2.45, 2.75) is 11.6 Å². The van der Waals surface area contributed by atoms with Crippen molar-refractivity contribution in [3.63, 3.8) is 0 Å². The average Bonchev–Trinajstić information content (AvgIpc) is 2.73. The maximum atomic E-state index is 12.8. The van der Waals surface area contributed by atoms with Crippen LogP contribution in [0.3, 0.4) is 0 Å². The zero-order valence-corrected chi connectivity index (χ0v) is 10.4. The molecule has 2 rings (SSSR count). The number of rotatable bonds is 5. The monoisotopic (exact) mass is 268 g/mol. The molecule has 1 aromatic carbocycles. The summed E-state index contributed by atoms with van der Waals surface area (Å²) in [6, 6.07) is 5.90. The van der Waals surface area contributed by atoms with E-state index in [0.717, 1.165) is 5.75 Å². The van der Waals surface area contributed by atoms with Crippen LogP contribution in [0.25, 0.3) is 11.4 Å². The normalized spacial score (nSPS) is 10.8. The van der Waals surface area contributed by atoms with Crippen LogP contribution in [-0.4, -0.2) is 32.3 Å². The molecule has 0 spiro atoms. The summed E-state index contributed by atoms with van der Waals surface area (Å²) in [4.78, 5) is 0. The van der Waals surface area contributed by atoms with E-state index >= 15 is 0 Å². The number of nitrogens with two attached hydrogens (primary N) is 1. The minimum absolute atomic E-state index is 0.135. The number of aromatic nitrogens is 3. The molecule has 1 heterocycles. The van der Waals surface area contributed by atoms with Crippen molar-refractivity contribution in [2.24, 2.45) is 0 Å². The molecule has 0 atom stereocenters. The smallest absolute Gasteiger partial charge is 0.210 e. The molecule has 2 aromatic rings. The average molecular weight is 268 g/mol. The minimum Gasteiger partial charge on any atom is -0.396 e. The van der Waals surface area contributed by atoms with Gasteiger partial charge in [0.1, 0.15) is 5.82 Å². The van der Waals surface area contributed by atoms with Crippen LogP contribution in [0.4, 0.5) is 4.39 Å². The van der Waals surface area contributed by atoms with Crippen LogP contribution in [0, 0.1) is 5.82 Å². The molecule has 7 heteroatoms. The van der Waals surface area contributed by atoms with Gasteiger partial charge in [0.2, 0.25) is 5.16 Å². The lowest BCUT2D eigenvalue weighted by Crippen LogP contribution is -2.11. The quantitative estimate of drug-likeness (QED) is 0.485. The Kier molecular flexibility index (Phi) is 4.16. The van der Waals surface area contributed by atoms with Crippen molar-refractivity contribution in [2.75, 3.05) is 18.2 Å². The largest absolute Gasteiger partial charge is 0.396 e. The van der Waals surface area contributed by atoms with E-state index < -0.39 is 0 Å². The van der Waals surface area contributed by atoms with Crippen molar-refractivity contribution in [1.29, 1.82) is 0 Å². The van der Waals surface area contributed by atoms with Crippen molar-refractivity contribution in [3.05, 3.63) is 30.1 Å². The fourth-order valence-electron chi connectivity index (χ4n) is 1.40. The molecular weight excluding hydrogens is 255 g/mol. The minimum atomic E-state index is -0.306. The SMILES string of the molecule is Nn1c(SCCCO)nnc1-c1ccc(F)cc1. The van der Waals surface area contributed by atoms with Gasteiger partial charge >= 0.3 is 0 Å². The Morgan fingerprint density at radius 1 is 1.28 bits per heavy atom. The molecule has 3 N–H and O–H groups in total. The number of nitrogen functional groups attached to an aromatic ring is 1. The molecule has 0 radical (unpaired) electrons. The summed E-state index contributed by atoms with van der Waals surface area (Å²) in [5, 5.41) is 17.2. The van der Waals surface area contributed by atoms with Crippen LogP contribution in [0.15, 0.2) is 29.4 Å². The van der Waals surface area contributed by atoms with Gasteiger partial charge in [-0.2, -0.15) is 0 Å². The summed E-state index contributed by atoms with van der Waals surface area (Å²) in [5.41, 5.74) is 0.709.